The van der Waals surface area contributed by atoms with Crippen molar-refractivity contribution in [3.05, 3.63) is 12.1 Å². The molecule has 1 saturated heterocycles. The highest BCUT2D eigenvalue weighted by Gasteiger charge is 2.34. The minimum atomic E-state index is -0.688. The lowest BCUT2D eigenvalue weighted by atomic mass is 10.2. The van der Waals surface area contributed by atoms with Gasteiger partial charge in [-0.3, -0.25) is 9.59 Å². The Bertz CT molecular complexity index is 716. The Balaban J connectivity index is 1.99. The van der Waals surface area contributed by atoms with Gasteiger partial charge in [-0.25, -0.2) is 4.79 Å². The Morgan fingerprint density at radius 2 is 1.82 bits per heavy atom. The zero-order chi connectivity index (χ0) is 20.7. The van der Waals surface area contributed by atoms with Crippen molar-refractivity contribution in [1.29, 1.82) is 0 Å². The molecule has 0 unspecified atom stereocenters. The van der Waals surface area contributed by atoms with Gasteiger partial charge in [0.15, 0.2) is 11.5 Å². The molecule has 1 aromatic rings. The summed E-state index contributed by atoms with van der Waals surface area (Å²) in [6, 6.07) is 2.51. The molecule has 1 aliphatic rings. The number of ether oxygens (including phenoxy) is 4. The van der Waals surface area contributed by atoms with Crippen LogP contribution in [-0.2, 0) is 19.1 Å². The van der Waals surface area contributed by atoms with Crippen molar-refractivity contribution in [3.8, 4) is 17.2 Å². The summed E-state index contributed by atoms with van der Waals surface area (Å²) in [5.41, 5.74) is 0.449. The van der Waals surface area contributed by atoms with Crippen LogP contribution >= 0.6 is 11.8 Å². The predicted molar refractivity (Wildman–Crippen MR) is 104 cm³/mol. The second-order valence-corrected chi connectivity index (χ2v) is 7.04. The molecule has 0 saturated carbocycles. The Morgan fingerprint density at radius 1 is 1.18 bits per heavy atom. The van der Waals surface area contributed by atoms with Crippen LogP contribution in [0.15, 0.2) is 12.1 Å². The van der Waals surface area contributed by atoms with Crippen LogP contribution in [0.3, 0.4) is 0 Å². The van der Waals surface area contributed by atoms with Gasteiger partial charge in [0.2, 0.25) is 17.6 Å². The van der Waals surface area contributed by atoms with E-state index in [1.165, 1.54) is 33.1 Å². The molecule has 0 aliphatic carbocycles. The number of hydrogen-bond donors (Lipinski definition) is 2. The summed E-state index contributed by atoms with van der Waals surface area (Å²) in [6.07, 6.45) is -0.0390. The summed E-state index contributed by atoms with van der Waals surface area (Å²) in [5.74, 6) is 0.385. The van der Waals surface area contributed by atoms with Crippen molar-refractivity contribution in [1.82, 2.24) is 5.32 Å². The van der Waals surface area contributed by atoms with E-state index in [0.717, 1.165) is 0 Å². The molecule has 0 radical (unpaired) electrons. The van der Waals surface area contributed by atoms with Gasteiger partial charge in [0, 0.05) is 30.0 Å². The van der Waals surface area contributed by atoms with Crippen molar-refractivity contribution in [2.45, 2.75) is 24.6 Å². The number of benzene rings is 1. The number of thioether (sulfide) groups is 1. The Labute approximate surface area is 167 Å². The molecule has 2 rings (SSSR count). The Morgan fingerprint density at radius 3 is 2.32 bits per heavy atom. The fraction of sp³-hybridized carbons (Fsp3) is 0.500. The van der Waals surface area contributed by atoms with E-state index in [-0.39, 0.29) is 24.8 Å². The number of carbonyl (C=O) groups excluding carboxylic acids is 3. The first kappa shape index (κ1) is 21.7. The average Bonchev–Trinajstić information content (AvgIpc) is 2.68. The van der Waals surface area contributed by atoms with E-state index in [9.17, 15) is 14.4 Å². The fourth-order valence-corrected chi connectivity index (χ4v) is 3.78. The fourth-order valence-electron chi connectivity index (χ4n) is 2.65. The summed E-state index contributed by atoms with van der Waals surface area (Å²) in [7, 11) is 4.44. The lowest BCUT2D eigenvalue weighted by Crippen LogP contribution is -2.51. The molecule has 9 nitrogen and oxygen atoms in total. The molecule has 10 heteroatoms. The summed E-state index contributed by atoms with van der Waals surface area (Å²) in [4.78, 5) is 36.3. The zero-order valence-electron chi connectivity index (χ0n) is 16.2. The molecular weight excluding hydrogens is 388 g/mol. The normalized spacial score (nSPS) is 18.6. The predicted octanol–water partition coefficient (Wildman–Crippen LogP) is 1.20. The molecule has 28 heavy (non-hydrogen) atoms. The Kier molecular flexibility index (Phi) is 7.80. The number of esters is 1. The molecule has 1 fully saturated rings. The number of amides is 2. The van der Waals surface area contributed by atoms with Gasteiger partial charge >= 0.3 is 5.97 Å². The van der Waals surface area contributed by atoms with Crippen LogP contribution in [0, 0.1) is 0 Å². The average molecular weight is 412 g/mol. The number of nitrogens with one attached hydrogen (secondary N) is 2. The highest BCUT2D eigenvalue weighted by molar-refractivity contribution is 8.00. The summed E-state index contributed by atoms with van der Waals surface area (Å²) < 4.78 is 20.7. The minimum Gasteiger partial charge on any atom is -0.493 e. The van der Waals surface area contributed by atoms with Crippen molar-refractivity contribution in [3.63, 3.8) is 0 Å². The van der Waals surface area contributed by atoms with Crippen LogP contribution in [0.2, 0.25) is 0 Å². The lowest BCUT2D eigenvalue weighted by Gasteiger charge is -2.27. The van der Waals surface area contributed by atoms with E-state index in [1.54, 1.807) is 19.1 Å². The standard InChI is InChI=1S/C18H24N2O7S/c1-5-27-18(23)11-9-28-14(17(22)20-11)8-15(21)19-10-6-12(24-2)16(26-4)13(7-10)25-3/h6-7,11,14H,5,8-9H2,1-4H3,(H,19,21)(H,20,22)/t11-,14-/m0/s1. The largest absolute Gasteiger partial charge is 0.493 e. The molecule has 1 aliphatic heterocycles. The van der Waals surface area contributed by atoms with Crippen molar-refractivity contribution in [2.24, 2.45) is 0 Å². The van der Waals surface area contributed by atoms with Gasteiger partial charge in [0.05, 0.1) is 33.2 Å². The molecule has 2 N–H and O–H groups in total. The minimum absolute atomic E-state index is 0.0390. The van der Waals surface area contributed by atoms with Crippen LogP contribution in [0.25, 0.3) is 0 Å². The van der Waals surface area contributed by atoms with Gasteiger partial charge in [-0.1, -0.05) is 0 Å². The molecule has 1 aromatic carbocycles. The highest BCUT2D eigenvalue weighted by Crippen LogP contribution is 2.40. The van der Waals surface area contributed by atoms with Crippen LogP contribution in [0.1, 0.15) is 13.3 Å². The third-order valence-corrected chi connectivity index (χ3v) is 5.27. The molecule has 0 bridgehead atoms. The SMILES string of the molecule is CCOC(=O)[C@@H]1CS[C@@H](CC(=O)Nc2cc(OC)c(OC)c(OC)c2)C(=O)N1. The van der Waals surface area contributed by atoms with Gasteiger partial charge in [-0.2, -0.15) is 0 Å². The van der Waals surface area contributed by atoms with Crippen molar-refractivity contribution in [2.75, 3.05) is 39.0 Å². The van der Waals surface area contributed by atoms with E-state index in [0.29, 0.717) is 28.7 Å². The third-order valence-electron chi connectivity index (χ3n) is 3.96. The van der Waals surface area contributed by atoms with Gasteiger partial charge in [0.25, 0.3) is 0 Å². The number of methoxy groups -OCH3 is 3. The van der Waals surface area contributed by atoms with E-state index in [4.69, 9.17) is 18.9 Å². The number of carbonyl (C=O) groups is 3. The molecule has 0 spiro atoms. The number of rotatable bonds is 8. The van der Waals surface area contributed by atoms with Crippen LogP contribution < -0.4 is 24.8 Å². The maximum absolute atomic E-state index is 12.4. The summed E-state index contributed by atoms with van der Waals surface area (Å²) in [5, 5.41) is 4.74. The number of anilines is 1. The first-order chi connectivity index (χ1) is 13.4. The molecular formula is C18H24N2O7S. The third kappa shape index (κ3) is 5.22. The van der Waals surface area contributed by atoms with E-state index >= 15 is 0 Å². The van der Waals surface area contributed by atoms with Gasteiger partial charge in [-0.05, 0) is 6.92 Å². The Hall–Kier alpha value is -2.62. The van der Waals surface area contributed by atoms with E-state index < -0.39 is 17.3 Å². The molecule has 2 atom stereocenters. The second-order valence-electron chi connectivity index (χ2n) is 5.80. The van der Waals surface area contributed by atoms with Crippen LogP contribution in [0.4, 0.5) is 5.69 Å². The van der Waals surface area contributed by atoms with E-state index in [2.05, 4.69) is 10.6 Å². The first-order valence-corrected chi connectivity index (χ1v) is 9.66. The molecule has 1 heterocycles. The number of hydrogen-bond acceptors (Lipinski definition) is 8. The molecule has 0 aromatic heterocycles. The van der Waals surface area contributed by atoms with Crippen molar-refractivity contribution >= 4 is 35.2 Å². The first-order valence-electron chi connectivity index (χ1n) is 8.61. The van der Waals surface area contributed by atoms with Crippen molar-refractivity contribution < 1.29 is 33.3 Å². The zero-order valence-corrected chi connectivity index (χ0v) is 17.0. The quantitative estimate of drug-likeness (QED) is 0.613. The highest BCUT2D eigenvalue weighted by atomic mass is 32.2. The van der Waals surface area contributed by atoms with Gasteiger partial charge < -0.3 is 29.6 Å². The van der Waals surface area contributed by atoms with Gasteiger partial charge in [-0.15, -0.1) is 11.8 Å². The summed E-state index contributed by atoms with van der Waals surface area (Å²) >= 11 is 1.25. The monoisotopic (exact) mass is 412 g/mol. The van der Waals surface area contributed by atoms with Gasteiger partial charge in [0.1, 0.15) is 6.04 Å². The van der Waals surface area contributed by atoms with Crippen LogP contribution in [0.5, 0.6) is 17.2 Å². The topological polar surface area (TPSA) is 112 Å². The second kappa shape index (κ2) is 10.1. The maximum atomic E-state index is 12.4. The molecule has 154 valence electrons. The smallest absolute Gasteiger partial charge is 0.329 e. The lowest BCUT2D eigenvalue weighted by molar-refractivity contribution is -0.146. The summed E-state index contributed by atoms with van der Waals surface area (Å²) in [6.45, 7) is 1.95. The maximum Gasteiger partial charge on any atom is 0.329 e. The van der Waals surface area contributed by atoms with Crippen LogP contribution in [-0.4, -0.2) is 62.8 Å². The van der Waals surface area contributed by atoms with E-state index in [1.807, 2.05) is 0 Å². The molecule has 2 amide bonds.